The summed E-state index contributed by atoms with van der Waals surface area (Å²) in [6.07, 6.45) is 5.43. The van der Waals surface area contributed by atoms with E-state index >= 15 is 0 Å². The summed E-state index contributed by atoms with van der Waals surface area (Å²) in [7, 11) is 0. The third-order valence-electron chi connectivity index (χ3n) is 4.11. The first-order valence-corrected chi connectivity index (χ1v) is 7.22. The molecule has 17 heavy (non-hydrogen) atoms. The molecule has 1 heterocycles. The normalized spacial score (nSPS) is 34.8. The van der Waals surface area contributed by atoms with Gasteiger partial charge < -0.3 is 10.1 Å². The molecule has 3 nitrogen and oxygen atoms in total. The van der Waals surface area contributed by atoms with Crippen LogP contribution in [0.15, 0.2) is 0 Å². The monoisotopic (exact) mass is 240 g/mol. The van der Waals surface area contributed by atoms with Gasteiger partial charge in [-0.05, 0) is 39.7 Å². The lowest BCUT2D eigenvalue weighted by Gasteiger charge is -2.44. The van der Waals surface area contributed by atoms with Crippen molar-refractivity contribution in [2.45, 2.75) is 64.1 Å². The molecule has 0 bridgehead atoms. The second-order valence-electron chi connectivity index (χ2n) is 6.15. The van der Waals surface area contributed by atoms with Crippen LogP contribution in [0.25, 0.3) is 0 Å². The number of rotatable bonds is 3. The number of nitrogens with zero attached hydrogens (tertiary/aromatic N) is 1. The standard InChI is InChI=1S/C14H28N2O/c1-4-15-12-6-5-7-13(10-12)16-8-9-17-14(2,3)11-16/h12-13,15H,4-11H2,1-3H3. The zero-order valence-electron chi connectivity index (χ0n) is 11.7. The summed E-state index contributed by atoms with van der Waals surface area (Å²) in [5.41, 5.74) is 0.0450. The molecule has 1 saturated carbocycles. The van der Waals surface area contributed by atoms with Gasteiger partial charge in [0.05, 0.1) is 12.2 Å². The summed E-state index contributed by atoms with van der Waals surface area (Å²) in [5.74, 6) is 0. The molecule has 0 amide bonds. The number of hydrogen-bond acceptors (Lipinski definition) is 3. The molecular weight excluding hydrogens is 212 g/mol. The smallest absolute Gasteiger partial charge is 0.0753 e. The van der Waals surface area contributed by atoms with E-state index in [1.807, 2.05) is 0 Å². The summed E-state index contributed by atoms with van der Waals surface area (Å²) in [6, 6.07) is 1.51. The van der Waals surface area contributed by atoms with Crippen LogP contribution in [-0.4, -0.2) is 48.8 Å². The van der Waals surface area contributed by atoms with Gasteiger partial charge >= 0.3 is 0 Å². The van der Waals surface area contributed by atoms with Crippen LogP contribution in [-0.2, 0) is 4.74 Å². The van der Waals surface area contributed by atoms with Crippen molar-refractivity contribution >= 4 is 0 Å². The van der Waals surface area contributed by atoms with Crippen LogP contribution in [0.4, 0.5) is 0 Å². The van der Waals surface area contributed by atoms with Crippen molar-refractivity contribution in [3.8, 4) is 0 Å². The lowest BCUT2D eigenvalue weighted by atomic mass is 9.89. The van der Waals surface area contributed by atoms with E-state index in [4.69, 9.17) is 4.74 Å². The molecule has 2 fully saturated rings. The Bertz CT molecular complexity index is 240. The Morgan fingerprint density at radius 2 is 2.18 bits per heavy atom. The first-order valence-electron chi connectivity index (χ1n) is 7.22. The second kappa shape index (κ2) is 5.68. The van der Waals surface area contributed by atoms with Crippen LogP contribution in [0, 0.1) is 0 Å². The van der Waals surface area contributed by atoms with Crippen molar-refractivity contribution in [3.63, 3.8) is 0 Å². The highest BCUT2D eigenvalue weighted by Gasteiger charge is 2.33. The molecule has 1 saturated heterocycles. The third kappa shape index (κ3) is 3.67. The molecule has 2 unspecified atom stereocenters. The average Bonchev–Trinajstić information content (AvgIpc) is 2.28. The van der Waals surface area contributed by atoms with Gasteiger partial charge in [-0.2, -0.15) is 0 Å². The predicted molar refractivity (Wildman–Crippen MR) is 71.3 cm³/mol. The van der Waals surface area contributed by atoms with Gasteiger partial charge in [0.2, 0.25) is 0 Å². The van der Waals surface area contributed by atoms with Gasteiger partial charge in [0.15, 0.2) is 0 Å². The van der Waals surface area contributed by atoms with E-state index in [0.717, 1.165) is 38.3 Å². The van der Waals surface area contributed by atoms with Crippen LogP contribution < -0.4 is 5.32 Å². The Morgan fingerprint density at radius 3 is 2.88 bits per heavy atom. The van der Waals surface area contributed by atoms with Crippen LogP contribution in [0.5, 0.6) is 0 Å². The van der Waals surface area contributed by atoms with E-state index in [1.165, 1.54) is 25.7 Å². The number of nitrogens with one attached hydrogen (secondary N) is 1. The van der Waals surface area contributed by atoms with Gasteiger partial charge in [-0.3, -0.25) is 4.90 Å². The zero-order valence-corrected chi connectivity index (χ0v) is 11.7. The first kappa shape index (κ1) is 13.3. The molecule has 1 aliphatic heterocycles. The quantitative estimate of drug-likeness (QED) is 0.817. The number of hydrogen-bond donors (Lipinski definition) is 1. The highest BCUT2D eigenvalue weighted by atomic mass is 16.5. The summed E-state index contributed by atoms with van der Waals surface area (Å²) >= 11 is 0. The molecule has 1 N–H and O–H groups in total. The molecular formula is C14H28N2O. The van der Waals surface area contributed by atoms with Crippen molar-refractivity contribution < 1.29 is 4.74 Å². The maximum atomic E-state index is 5.80. The molecule has 1 aliphatic carbocycles. The fourth-order valence-corrected chi connectivity index (χ4v) is 3.33. The zero-order chi connectivity index (χ0) is 12.3. The van der Waals surface area contributed by atoms with Crippen LogP contribution in [0.3, 0.4) is 0 Å². The van der Waals surface area contributed by atoms with Crippen molar-refractivity contribution in [3.05, 3.63) is 0 Å². The summed E-state index contributed by atoms with van der Waals surface area (Å²) in [4.78, 5) is 2.66. The van der Waals surface area contributed by atoms with E-state index in [9.17, 15) is 0 Å². The second-order valence-corrected chi connectivity index (χ2v) is 6.15. The molecule has 2 rings (SSSR count). The highest BCUT2D eigenvalue weighted by molar-refractivity contribution is 4.88. The Morgan fingerprint density at radius 1 is 1.35 bits per heavy atom. The molecule has 2 aliphatic rings. The van der Waals surface area contributed by atoms with E-state index in [-0.39, 0.29) is 5.60 Å². The van der Waals surface area contributed by atoms with Crippen LogP contribution in [0.1, 0.15) is 46.5 Å². The van der Waals surface area contributed by atoms with Gasteiger partial charge in [0, 0.05) is 25.2 Å². The first-order chi connectivity index (χ1) is 8.11. The lowest BCUT2D eigenvalue weighted by Crippen LogP contribution is -2.54. The maximum Gasteiger partial charge on any atom is 0.0753 e. The average molecular weight is 240 g/mol. The Kier molecular flexibility index (Phi) is 4.45. The minimum Gasteiger partial charge on any atom is -0.373 e. The maximum absolute atomic E-state index is 5.80. The van der Waals surface area contributed by atoms with Crippen molar-refractivity contribution in [2.75, 3.05) is 26.2 Å². The molecule has 2 atom stereocenters. The van der Waals surface area contributed by atoms with Crippen LogP contribution in [0.2, 0.25) is 0 Å². The molecule has 0 aromatic heterocycles. The Balaban J connectivity index is 1.88. The molecule has 3 heteroatoms. The lowest BCUT2D eigenvalue weighted by molar-refractivity contribution is -0.101. The van der Waals surface area contributed by atoms with Gasteiger partial charge in [0.1, 0.15) is 0 Å². The van der Waals surface area contributed by atoms with E-state index < -0.39 is 0 Å². The number of ether oxygens (including phenoxy) is 1. The highest BCUT2D eigenvalue weighted by Crippen LogP contribution is 2.27. The third-order valence-corrected chi connectivity index (χ3v) is 4.11. The predicted octanol–water partition coefficient (Wildman–Crippen LogP) is 2.02. The van der Waals surface area contributed by atoms with Gasteiger partial charge in [0.25, 0.3) is 0 Å². The molecule has 0 aromatic rings. The summed E-state index contributed by atoms with van der Waals surface area (Å²) in [6.45, 7) is 10.8. The molecule has 0 spiro atoms. The minimum absolute atomic E-state index is 0.0450. The van der Waals surface area contributed by atoms with Crippen molar-refractivity contribution in [2.24, 2.45) is 0 Å². The fraction of sp³-hybridized carbons (Fsp3) is 1.00. The van der Waals surface area contributed by atoms with E-state index in [2.05, 4.69) is 31.0 Å². The topological polar surface area (TPSA) is 24.5 Å². The Labute approximate surface area is 106 Å². The molecule has 0 radical (unpaired) electrons. The molecule has 100 valence electrons. The van der Waals surface area contributed by atoms with Gasteiger partial charge in [-0.15, -0.1) is 0 Å². The van der Waals surface area contributed by atoms with Crippen molar-refractivity contribution in [1.82, 2.24) is 10.2 Å². The summed E-state index contributed by atoms with van der Waals surface area (Å²) < 4.78 is 5.80. The summed E-state index contributed by atoms with van der Waals surface area (Å²) in [5, 5.41) is 3.62. The minimum atomic E-state index is 0.0450. The van der Waals surface area contributed by atoms with Crippen LogP contribution >= 0.6 is 0 Å². The number of morpholine rings is 1. The Hall–Kier alpha value is -0.120. The fourth-order valence-electron chi connectivity index (χ4n) is 3.33. The van der Waals surface area contributed by atoms with Crippen molar-refractivity contribution in [1.29, 1.82) is 0 Å². The molecule has 0 aromatic carbocycles. The van der Waals surface area contributed by atoms with Gasteiger partial charge in [-0.25, -0.2) is 0 Å². The van der Waals surface area contributed by atoms with E-state index in [0.29, 0.717) is 0 Å². The van der Waals surface area contributed by atoms with E-state index in [1.54, 1.807) is 0 Å². The SMILES string of the molecule is CCNC1CCCC(N2CCOC(C)(C)C2)C1. The van der Waals surface area contributed by atoms with Gasteiger partial charge in [-0.1, -0.05) is 13.3 Å². The largest absolute Gasteiger partial charge is 0.373 e.